The summed E-state index contributed by atoms with van der Waals surface area (Å²) in [5, 5.41) is 0.987. The van der Waals surface area contributed by atoms with Crippen LogP contribution >= 0.6 is 12.2 Å². The predicted octanol–water partition coefficient (Wildman–Crippen LogP) is 2.73. The van der Waals surface area contributed by atoms with Crippen LogP contribution in [0.1, 0.15) is 19.4 Å². The number of hydrogen-bond acceptors (Lipinski definition) is 4. The van der Waals surface area contributed by atoms with E-state index in [4.69, 9.17) is 22.7 Å². The molecule has 0 bridgehead atoms. The maximum atomic E-state index is 5.85. The Kier molecular flexibility index (Phi) is 5.09. The molecule has 0 aliphatic carbocycles. The second-order valence-electron chi connectivity index (χ2n) is 5.25. The Morgan fingerprint density at radius 1 is 1.38 bits per heavy atom. The zero-order valence-electron chi connectivity index (χ0n) is 12.7. The Balaban J connectivity index is 2.29. The number of fused-ring (bicyclic) bond motifs is 1. The molecular weight excluding hydrogens is 282 g/mol. The van der Waals surface area contributed by atoms with Crippen molar-refractivity contribution in [1.82, 2.24) is 4.98 Å². The number of ether oxygens (including phenoxy) is 1. The number of thiocarbonyl (C=S) groups is 1. The summed E-state index contributed by atoms with van der Waals surface area (Å²) in [6.07, 6.45) is 0.232. The van der Waals surface area contributed by atoms with Crippen LogP contribution in [0.4, 0.5) is 5.82 Å². The summed E-state index contributed by atoms with van der Waals surface area (Å²) in [6, 6.07) is 9.83. The highest BCUT2D eigenvalue weighted by atomic mass is 32.1. The molecule has 2 N–H and O–H groups in total. The monoisotopic (exact) mass is 303 g/mol. The predicted molar refractivity (Wildman–Crippen MR) is 92.0 cm³/mol. The molecule has 0 fully saturated rings. The van der Waals surface area contributed by atoms with Crippen molar-refractivity contribution in [3.05, 3.63) is 35.9 Å². The van der Waals surface area contributed by atoms with Gasteiger partial charge in [-0.15, -0.1) is 0 Å². The molecule has 0 saturated carbocycles. The molecule has 2 aromatic rings. The Hall–Kier alpha value is -1.72. The van der Waals surface area contributed by atoms with Gasteiger partial charge in [-0.25, -0.2) is 4.98 Å². The van der Waals surface area contributed by atoms with E-state index in [2.05, 4.69) is 9.88 Å². The average Bonchev–Trinajstić information content (AvgIpc) is 2.45. The second-order valence-corrected chi connectivity index (χ2v) is 5.69. The van der Waals surface area contributed by atoms with Crippen molar-refractivity contribution in [3.8, 4) is 0 Å². The van der Waals surface area contributed by atoms with Crippen molar-refractivity contribution in [1.29, 1.82) is 0 Å². The van der Waals surface area contributed by atoms with Crippen LogP contribution in [0, 0.1) is 0 Å². The number of benzene rings is 1. The highest BCUT2D eigenvalue weighted by Gasteiger charge is 2.10. The number of rotatable bonds is 6. The first kappa shape index (κ1) is 15.7. The summed E-state index contributed by atoms with van der Waals surface area (Å²) in [5.41, 5.74) is 7.61. The van der Waals surface area contributed by atoms with Gasteiger partial charge in [0.1, 0.15) is 10.8 Å². The number of pyridine rings is 1. The third-order valence-corrected chi connectivity index (χ3v) is 3.46. The minimum Gasteiger partial charge on any atom is -0.389 e. The molecule has 0 spiro atoms. The number of hydrogen-bond donors (Lipinski definition) is 1. The topological polar surface area (TPSA) is 51.4 Å². The van der Waals surface area contributed by atoms with Crippen LogP contribution in [0.15, 0.2) is 30.3 Å². The molecule has 112 valence electrons. The molecule has 4 nitrogen and oxygen atoms in total. The summed E-state index contributed by atoms with van der Waals surface area (Å²) in [6.45, 7) is 5.48. The lowest BCUT2D eigenvalue weighted by Crippen LogP contribution is -2.25. The van der Waals surface area contributed by atoms with Crippen LogP contribution in [0.2, 0.25) is 0 Å². The van der Waals surface area contributed by atoms with E-state index in [1.165, 1.54) is 0 Å². The van der Waals surface area contributed by atoms with Gasteiger partial charge in [0.15, 0.2) is 0 Å². The Bertz CT molecular complexity index is 642. The zero-order chi connectivity index (χ0) is 15.4. The van der Waals surface area contributed by atoms with Crippen molar-refractivity contribution in [2.45, 2.75) is 20.0 Å². The fourth-order valence-corrected chi connectivity index (χ4v) is 2.27. The molecule has 0 atom stereocenters. The van der Waals surface area contributed by atoms with E-state index >= 15 is 0 Å². The van der Waals surface area contributed by atoms with Gasteiger partial charge in [0.25, 0.3) is 0 Å². The van der Waals surface area contributed by atoms with Crippen molar-refractivity contribution < 1.29 is 4.74 Å². The number of nitrogens with zero attached hydrogens (tertiary/aromatic N) is 2. The number of likely N-dealkylation sites (N-methyl/N-ethyl adjacent to an activating group) is 1. The van der Waals surface area contributed by atoms with Crippen LogP contribution < -0.4 is 10.6 Å². The van der Waals surface area contributed by atoms with Crippen LogP contribution in [-0.2, 0) is 4.74 Å². The van der Waals surface area contributed by atoms with E-state index in [1.807, 2.05) is 51.2 Å². The lowest BCUT2D eigenvalue weighted by molar-refractivity contribution is 0.0845. The Morgan fingerprint density at radius 2 is 2.10 bits per heavy atom. The van der Waals surface area contributed by atoms with Gasteiger partial charge in [-0.1, -0.05) is 30.4 Å². The van der Waals surface area contributed by atoms with Gasteiger partial charge < -0.3 is 15.4 Å². The maximum absolute atomic E-state index is 5.85. The Morgan fingerprint density at radius 3 is 2.76 bits per heavy atom. The number of aromatic nitrogens is 1. The van der Waals surface area contributed by atoms with Gasteiger partial charge in [0.2, 0.25) is 0 Å². The molecule has 0 aliphatic rings. The highest BCUT2D eigenvalue weighted by molar-refractivity contribution is 7.80. The van der Waals surface area contributed by atoms with Gasteiger partial charge in [0.05, 0.1) is 18.2 Å². The lowest BCUT2D eigenvalue weighted by Gasteiger charge is -2.20. The lowest BCUT2D eigenvalue weighted by atomic mass is 10.1. The van der Waals surface area contributed by atoms with Crippen LogP contribution in [-0.4, -0.2) is 36.3 Å². The van der Waals surface area contributed by atoms with Crippen molar-refractivity contribution in [2.24, 2.45) is 5.73 Å². The normalized spacial score (nSPS) is 11.0. The fraction of sp³-hybridized carbons (Fsp3) is 0.375. The highest BCUT2D eigenvalue weighted by Crippen LogP contribution is 2.22. The van der Waals surface area contributed by atoms with Gasteiger partial charge in [-0.3, -0.25) is 0 Å². The van der Waals surface area contributed by atoms with Crippen LogP contribution in [0.25, 0.3) is 10.9 Å². The summed E-state index contributed by atoms with van der Waals surface area (Å²) in [4.78, 5) is 7.11. The van der Waals surface area contributed by atoms with E-state index in [9.17, 15) is 0 Å². The SMILES string of the molecule is CC(C)OCCN(C)c1cc(C(N)=S)c2ccccc2n1. The largest absolute Gasteiger partial charge is 0.389 e. The second kappa shape index (κ2) is 6.83. The maximum Gasteiger partial charge on any atom is 0.129 e. The van der Waals surface area contributed by atoms with Gasteiger partial charge >= 0.3 is 0 Å². The molecule has 1 aromatic carbocycles. The standard InChI is InChI=1S/C16H21N3OS/c1-11(2)20-9-8-19(3)15-10-13(16(17)21)12-6-4-5-7-14(12)18-15/h4-7,10-11H,8-9H2,1-3H3,(H2,17,21). The average molecular weight is 303 g/mol. The van der Waals surface area contributed by atoms with Crippen molar-refractivity contribution in [3.63, 3.8) is 0 Å². The number of anilines is 1. The minimum atomic E-state index is 0.232. The van der Waals surface area contributed by atoms with E-state index < -0.39 is 0 Å². The van der Waals surface area contributed by atoms with E-state index in [1.54, 1.807) is 0 Å². The summed E-state index contributed by atoms with van der Waals surface area (Å²) in [7, 11) is 1.99. The molecule has 2 rings (SSSR count). The summed E-state index contributed by atoms with van der Waals surface area (Å²) in [5.74, 6) is 0.851. The van der Waals surface area contributed by atoms with Crippen molar-refractivity contribution in [2.75, 3.05) is 25.1 Å². The molecular formula is C16H21N3OS. The van der Waals surface area contributed by atoms with Gasteiger partial charge in [-0.2, -0.15) is 0 Å². The molecule has 5 heteroatoms. The molecule has 0 saturated heterocycles. The smallest absolute Gasteiger partial charge is 0.129 e. The minimum absolute atomic E-state index is 0.232. The quantitative estimate of drug-likeness (QED) is 0.832. The van der Waals surface area contributed by atoms with E-state index in [0.29, 0.717) is 11.6 Å². The van der Waals surface area contributed by atoms with Crippen LogP contribution in [0.3, 0.4) is 0 Å². The Labute approximate surface area is 130 Å². The van der Waals surface area contributed by atoms with Crippen molar-refractivity contribution >= 4 is 33.9 Å². The number of para-hydroxylation sites is 1. The van der Waals surface area contributed by atoms with Gasteiger partial charge in [0, 0.05) is 24.5 Å². The first-order chi connectivity index (χ1) is 9.99. The summed E-state index contributed by atoms with van der Waals surface area (Å²) < 4.78 is 5.58. The first-order valence-corrected chi connectivity index (χ1v) is 7.42. The first-order valence-electron chi connectivity index (χ1n) is 7.01. The van der Waals surface area contributed by atoms with Gasteiger partial charge in [-0.05, 0) is 26.0 Å². The molecule has 21 heavy (non-hydrogen) atoms. The molecule has 0 aliphatic heterocycles. The van der Waals surface area contributed by atoms with E-state index in [0.717, 1.165) is 28.8 Å². The number of nitrogens with two attached hydrogens (primary N) is 1. The molecule has 1 aromatic heterocycles. The van der Waals surface area contributed by atoms with Crippen LogP contribution in [0.5, 0.6) is 0 Å². The third-order valence-electron chi connectivity index (χ3n) is 3.24. The molecule has 0 radical (unpaired) electrons. The zero-order valence-corrected chi connectivity index (χ0v) is 13.5. The third kappa shape index (κ3) is 3.89. The molecule has 0 amide bonds. The molecule has 1 heterocycles. The fourth-order valence-electron chi connectivity index (χ4n) is 2.10. The van der Waals surface area contributed by atoms with E-state index in [-0.39, 0.29) is 6.10 Å². The molecule has 0 unspecified atom stereocenters. The summed E-state index contributed by atoms with van der Waals surface area (Å²) >= 11 is 5.16.